The zero-order chi connectivity index (χ0) is 21.5. The maximum absolute atomic E-state index is 11.8. The summed E-state index contributed by atoms with van der Waals surface area (Å²) in [7, 11) is 1.62. The first kappa shape index (κ1) is 22.1. The number of methoxy groups -OCH3 is 1. The molecule has 0 aromatic heterocycles. The van der Waals surface area contributed by atoms with Gasteiger partial charge in [0.1, 0.15) is 5.75 Å². The standard InChI is InChI=1S/C25H26BrNO3/c1-18(20-11-7-4-8-12-20)27(17-19-9-5-3-6-10-19)23(16-25(28)29)21-13-14-24(30-2)22(26)15-21/h3-15,18,23H,16-17H2,1-2H3,(H,28,29)/t18-,23?/m1/s1. The second-order valence-electron chi connectivity index (χ2n) is 7.25. The number of halogens is 1. The second kappa shape index (κ2) is 10.4. The number of nitrogens with zero attached hydrogens (tertiary/aromatic N) is 1. The molecule has 0 heterocycles. The van der Waals surface area contributed by atoms with Gasteiger partial charge in [-0.25, -0.2) is 0 Å². The third-order valence-electron chi connectivity index (χ3n) is 5.32. The number of carboxylic acid groups (broad SMARTS) is 1. The lowest BCUT2D eigenvalue weighted by molar-refractivity contribution is -0.138. The lowest BCUT2D eigenvalue weighted by atomic mass is 9.96. The maximum atomic E-state index is 11.8. The fraction of sp³-hybridized carbons (Fsp3) is 0.240. The van der Waals surface area contributed by atoms with Gasteiger partial charge in [-0.05, 0) is 51.7 Å². The third-order valence-corrected chi connectivity index (χ3v) is 5.94. The first-order valence-corrected chi connectivity index (χ1v) is 10.7. The molecule has 0 radical (unpaired) electrons. The van der Waals surface area contributed by atoms with E-state index in [9.17, 15) is 9.90 Å². The first-order chi connectivity index (χ1) is 14.5. The molecule has 5 heteroatoms. The minimum Gasteiger partial charge on any atom is -0.496 e. The Labute approximate surface area is 186 Å². The van der Waals surface area contributed by atoms with E-state index in [-0.39, 0.29) is 18.5 Å². The Morgan fingerprint density at radius 3 is 2.20 bits per heavy atom. The smallest absolute Gasteiger partial charge is 0.305 e. The summed E-state index contributed by atoms with van der Waals surface area (Å²) in [6, 6.07) is 25.9. The van der Waals surface area contributed by atoms with Gasteiger partial charge in [-0.3, -0.25) is 9.69 Å². The molecule has 0 saturated carbocycles. The number of aliphatic carboxylic acids is 1. The monoisotopic (exact) mass is 467 g/mol. The Bertz CT molecular complexity index is 963. The van der Waals surface area contributed by atoms with Gasteiger partial charge in [-0.2, -0.15) is 0 Å². The molecular formula is C25H26BrNO3. The molecule has 0 amide bonds. The van der Waals surface area contributed by atoms with Gasteiger partial charge in [-0.15, -0.1) is 0 Å². The van der Waals surface area contributed by atoms with Gasteiger partial charge in [-0.1, -0.05) is 66.7 Å². The molecule has 0 aliphatic carbocycles. The molecule has 0 spiro atoms. The van der Waals surface area contributed by atoms with Gasteiger partial charge in [0.2, 0.25) is 0 Å². The summed E-state index contributed by atoms with van der Waals surface area (Å²) < 4.78 is 6.17. The van der Waals surface area contributed by atoms with Gasteiger partial charge in [0.15, 0.2) is 0 Å². The average molecular weight is 468 g/mol. The zero-order valence-electron chi connectivity index (χ0n) is 17.2. The van der Waals surface area contributed by atoms with Crippen molar-refractivity contribution in [1.29, 1.82) is 0 Å². The predicted octanol–water partition coefficient (Wildman–Crippen LogP) is 6.24. The summed E-state index contributed by atoms with van der Waals surface area (Å²) in [4.78, 5) is 14.1. The number of hydrogen-bond acceptors (Lipinski definition) is 3. The SMILES string of the molecule is COc1ccc(C(CC(=O)O)N(Cc2ccccc2)[C@H](C)c2ccccc2)cc1Br. The number of benzene rings is 3. The largest absolute Gasteiger partial charge is 0.496 e. The van der Waals surface area contributed by atoms with Crippen LogP contribution in [0.3, 0.4) is 0 Å². The molecule has 156 valence electrons. The van der Waals surface area contributed by atoms with Crippen molar-refractivity contribution in [2.24, 2.45) is 0 Å². The van der Waals surface area contributed by atoms with Crippen molar-refractivity contribution in [3.63, 3.8) is 0 Å². The minimum absolute atomic E-state index is 0.00275. The predicted molar refractivity (Wildman–Crippen MR) is 123 cm³/mol. The highest BCUT2D eigenvalue weighted by molar-refractivity contribution is 9.10. The number of ether oxygens (including phenoxy) is 1. The van der Waals surface area contributed by atoms with Crippen LogP contribution >= 0.6 is 15.9 Å². The van der Waals surface area contributed by atoms with Crippen LogP contribution in [0.1, 0.15) is 42.1 Å². The summed E-state index contributed by atoms with van der Waals surface area (Å²) in [5.41, 5.74) is 3.23. The number of hydrogen-bond donors (Lipinski definition) is 1. The van der Waals surface area contributed by atoms with E-state index < -0.39 is 5.97 Å². The van der Waals surface area contributed by atoms with E-state index in [1.165, 1.54) is 0 Å². The molecule has 1 N–H and O–H groups in total. The molecule has 3 aromatic rings. The Kier molecular flexibility index (Phi) is 7.66. The molecule has 0 aliphatic heterocycles. The van der Waals surface area contributed by atoms with Crippen LogP contribution in [0.5, 0.6) is 5.75 Å². The Morgan fingerprint density at radius 2 is 1.63 bits per heavy atom. The summed E-state index contributed by atoms with van der Waals surface area (Å²) in [6.07, 6.45) is 0.00275. The van der Waals surface area contributed by atoms with Crippen molar-refractivity contribution >= 4 is 21.9 Å². The lowest BCUT2D eigenvalue weighted by Gasteiger charge is -2.37. The van der Waals surface area contributed by atoms with Gasteiger partial charge in [0.05, 0.1) is 18.0 Å². The third kappa shape index (κ3) is 5.49. The fourth-order valence-electron chi connectivity index (χ4n) is 3.72. The van der Waals surface area contributed by atoms with Crippen molar-refractivity contribution in [1.82, 2.24) is 4.90 Å². The van der Waals surface area contributed by atoms with E-state index in [2.05, 4.69) is 52.0 Å². The average Bonchev–Trinajstić information content (AvgIpc) is 2.76. The van der Waals surface area contributed by atoms with Crippen molar-refractivity contribution in [3.05, 3.63) is 100 Å². The van der Waals surface area contributed by atoms with Crippen molar-refractivity contribution < 1.29 is 14.6 Å². The van der Waals surface area contributed by atoms with E-state index in [0.29, 0.717) is 6.54 Å². The number of carbonyl (C=O) groups is 1. The molecule has 4 nitrogen and oxygen atoms in total. The summed E-state index contributed by atoms with van der Waals surface area (Å²) >= 11 is 3.55. The van der Waals surface area contributed by atoms with Crippen molar-refractivity contribution in [2.45, 2.75) is 32.0 Å². The van der Waals surface area contributed by atoms with E-state index in [4.69, 9.17) is 4.74 Å². The van der Waals surface area contributed by atoms with E-state index in [1.807, 2.05) is 54.6 Å². The normalized spacial score (nSPS) is 13.1. The van der Waals surface area contributed by atoms with Gasteiger partial charge in [0.25, 0.3) is 0 Å². The fourth-order valence-corrected chi connectivity index (χ4v) is 4.27. The first-order valence-electron chi connectivity index (χ1n) is 9.89. The number of carboxylic acids is 1. The molecular weight excluding hydrogens is 442 g/mol. The van der Waals surface area contributed by atoms with Gasteiger partial charge < -0.3 is 9.84 Å². The molecule has 30 heavy (non-hydrogen) atoms. The number of rotatable bonds is 9. The molecule has 3 rings (SSSR count). The van der Waals surface area contributed by atoms with Crippen LogP contribution in [0.2, 0.25) is 0 Å². The van der Waals surface area contributed by atoms with Crippen LogP contribution in [-0.4, -0.2) is 23.1 Å². The molecule has 1 unspecified atom stereocenters. The molecule has 0 bridgehead atoms. The Morgan fingerprint density at radius 1 is 1.00 bits per heavy atom. The molecule has 3 aromatic carbocycles. The van der Waals surface area contributed by atoms with E-state index in [0.717, 1.165) is 26.9 Å². The van der Waals surface area contributed by atoms with Crippen LogP contribution in [0, 0.1) is 0 Å². The van der Waals surface area contributed by atoms with Crippen LogP contribution in [0.25, 0.3) is 0 Å². The van der Waals surface area contributed by atoms with Crippen LogP contribution in [0.15, 0.2) is 83.3 Å². The Hall–Kier alpha value is -2.63. The van der Waals surface area contributed by atoms with E-state index in [1.54, 1.807) is 7.11 Å². The second-order valence-corrected chi connectivity index (χ2v) is 8.11. The highest BCUT2D eigenvalue weighted by atomic mass is 79.9. The minimum atomic E-state index is -0.828. The van der Waals surface area contributed by atoms with E-state index >= 15 is 0 Å². The molecule has 0 saturated heterocycles. The molecule has 0 aliphatic rings. The Balaban J connectivity index is 2.05. The van der Waals surface area contributed by atoms with Gasteiger partial charge >= 0.3 is 5.97 Å². The van der Waals surface area contributed by atoms with Crippen molar-refractivity contribution in [2.75, 3.05) is 7.11 Å². The lowest BCUT2D eigenvalue weighted by Crippen LogP contribution is -2.32. The quantitative estimate of drug-likeness (QED) is 0.404. The summed E-state index contributed by atoms with van der Waals surface area (Å²) in [6.45, 7) is 2.77. The van der Waals surface area contributed by atoms with Crippen LogP contribution in [-0.2, 0) is 11.3 Å². The maximum Gasteiger partial charge on any atom is 0.305 e. The van der Waals surface area contributed by atoms with Gasteiger partial charge in [0, 0.05) is 18.6 Å². The zero-order valence-corrected chi connectivity index (χ0v) is 18.7. The molecule has 0 fully saturated rings. The van der Waals surface area contributed by atoms with Crippen LogP contribution < -0.4 is 4.74 Å². The summed E-state index contributed by atoms with van der Waals surface area (Å²) in [5, 5.41) is 9.72. The topological polar surface area (TPSA) is 49.8 Å². The van der Waals surface area contributed by atoms with Crippen LogP contribution in [0.4, 0.5) is 0 Å². The highest BCUT2D eigenvalue weighted by Gasteiger charge is 2.28. The highest BCUT2D eigenvalue weighted by Crippen LogP contribution is 2.37. The summed E-state index contributed by atoms with van der Waals surface area (Å²) in [5.74, 6) is -0.108. The molecule has 2 atom stereocenters. The van der Waals surface area contributed by atoms with Crippen molar-refractivity contribution in [3.8, 4) is 5.75 Å².